The van der Waals surface area contributed by atoms with Crippen molar-refractivity contribution >= 4 is 27.9 Å². The molecule has 0 aliphatic rings. The summed E-state index contributed by atoms with van der Waals surface area (Å²) in [7, 11) is 1.20. The summed E-state index contributed by atoms with van der Waals surface area (Å²) in [6.07, 6.45) is -0.740. The average Bonchev–Trinajstić information content (AvgIpc) is 1.87. The Morgan fingerprint density at radius 2 is 2.10 bits per heavy atom. The predicted molar refractivity (Wildman–Crippen MR) is 38.9 cm³/mol. The third-order valence-corrected chi connectivity index (χ3v) is 1.19. The van der Waals surface area contributed by atoms with Gasteiger partial charge >= 0.3 is 6.09 Å². The Labute approximate surface area is 67.1 Å². The Kier molecular flexibility index (Phi) is 4.02. The van der Waals surface area contributed by atoms with E-state index in [0.717, 1.165) is 0 Å². The maximum Gasteiger partial charge on any atom is 0.413 e. The van der Waals surface area contributed by atoms with Crippen LogP contribution in [0.25, 0.3) is 0 Å². The van der Waals surface area contributed by atoms with E-state index in [1.165, 1.54) is 7.11 Å². The van der Waals surface area contributed by atoms with Crippen LogP contribution in [0.4, 0.5) is 4.79 Å². The van der Waals surface area contributed by atoms with Crippen molar-refractivity contribution < 1.29 is 14.3 Å². The first kappa shape index (κ1) is 9.42. The molecule has 0 aromatic heterocycles. The van der Waals surface area contributed by atoms with Crippen LogP contribution in [0.2, 0.25) is 0 Å². The number of carbonyl (C=O) groups excluding carboxylic acids is 2. The Balaban J connectivity index is 3.69. The van der Waals surface area contributed by atoms with Crippen molar-refractivity contribution in [3.8, 4) is 0 Å². The Bertz CT molecular complexity index is 146. The number of nitrogens with one attached hydrogen (secondary N) is 1. The fourth-order valence-corrected chi connectivity index (χ4v) is 0.366. The summed E-state index contributed by atoms with van der Waals surface area (Å²) in [4.78, 5) is 20.6. The molecule has 0 saturated carbocycles. The van der Waals surface area contributed by atoms with Crippen molar-refractivity contribution in [1.82, 2.24) is 5.32 Å². The summed E-state index contributed by atoms with van der Waals surface area (Å²) in [6.45, 7) is 1.61. The second kappa shape index (κ2) is 4.27. The van der Waals surface area contributed by atoms with Crippen LogP contribution in [0.15, 0.2) is 0 Å². The molecule has 0 aromatic carbocycles. The average molecular weight is 210 g/mol. The SMILES string of the molecule is COC(=O)NC(=O)C(C)Br. The summed E-state index contributed by atoms with van der Waals surface area (Å²) in [5, 5.41) is 1.98. The van der Waals surface area contributed by atoms with Crippen molar-refractivity contribution in [1.29, 1.82) is 0 Å². The molecule has 0 saturated heterocycles. The van der Waals surface area contributed by atoms with Gasteiger partial charge in [-0.25, -0.2) is 4.79 Å². The van der Waals surface area contributed by atoms with E-state index in [4.69, 9.17) is 0 Å². The molecule has 2 amide bonds. The van der Waals surface area contributed by atoms with Gasteiger partial charge in [-0.1, -0.05) is 15.9 Å². The highest BCUT2D eigenvalue weighted by molar-refractivity contribution is 9.10. The Morgan fingerprint density at radius 1 is 1.60 bits per heavy atom. The number of alkyl halides is 1. The fraction of sp³-hybridized carbons (Fsp3) is 0.600. The number of methoxy groups -OCH3 is 1. The zero-order valence-corrected chi connectivity index (χ0v) is 7.27. The van der Waals surface area contributed by atoms with Crippen molar-refractivity contribution in [2.75, 3.05) is 7.11 Å². The zero-order chi connectivity index (χ0) is 8.15. The highest BCUT2D eigenvalue weighted by atomic mass is 79.9. The van der Waals surface area contributed by atoms with Crippen LogP contribution in [0.3, 0.4) is 0 Å². The van der Waals surface area contributed by atoms with Crippen molar-refractivity contribution in [2.24, 2.45) is 0 Å². The van der Waals surface area contributed by atoms with Crippen LogP contribution in [0.5, 0.6) is 0 Å². The summed E-state index contributed by atoms with van der Waals surface area (Å²) in [5.74, 6) is -0.410. The van der Waals surface area contributed by atoms with Gasteiger partial charge in [-0.05, 0) is 6.92 Å². The number of rotatable bonds is 1. The van der Waals surface area contributed by atoms with Gasteiger partial charge in [0.1, 0.15) is 0 Å². The molecule has 10 heavy (non-hydrogen) atoms. The molecule has 58 valence electrons. The minimum absolute atomic E-state index is 0.383. The van der Waals surface area contributed by atoms with Crippen molar-refractivity contribution in [3.05, 3.63) is 0 Å². The first-order chi connectivity index (χ1) is 4.57. The fourth-order valence-electron chi connectivity index (χ4n) is 0.251. The molecule has 0 bridgehead atoms. The standard InChI is InChI=1S/C5H8BrNO3/c1-3(6)4(8)7-5(9)10-2/h3H,1-2H3,(H,7,8,9). The second-order valence-corrected chi connectivity index (χ2v) is 2.97. The van der Waals surface area contributed by atoms with E-state index in [9.17, 15) is 9.59 Å². The van der Waals surface area contributed by atoms with Crippen LogP contribution in [-0.2, 0) is 9.53 Å². The van der Waals surface area contributed by atoms with E-state index < -0.39 is 12.0 Å². The normalized spacial score (nSPS) is 11.9. The van der Waals surface area contributed by atoms with E-state index in [2.05, 4.69) is 20.7 Å². The van der Waals surface area contributed by atoms with Gasteiger partial charge in [0.15, 0.2) is 0 Å². The summed E-state index contributed by atoms with van der Waals surface area (Å²) in [6, 6.07) is 0. The highest BCUT2D eigenvalue weighted by Crippen LogP contribution is 1.95. The molecule has 5 heteroatoms. The largest absolute Gasteiger partial charge is 0.453 e. The van der Waals surface area contributed by atoms with Gasteiger partial charge in [0, 0.05) is 0 Å². The van der Waals surface area contributed by atoms with E-state index in [1.807, 2.05) is 5.32 Å². The van der Waals surface area contributed by atoms with Gasteiger partial charge in [-0.15, -0.1) is 0 Å². The lowest BCUT2D eigenvalue weighted by atomic mass is 10.5. The number of halogens is 1. The maximum absolute atomic E-state index is 10.7. The van der Waals surface area contributed by atoms with Gasteiger partial charge in [-0.3, -0.25) is 10.1 Å². The monoisotopic (exact) mass is 209 g/mol. The molecule has 1 atom stereocenters. The predicted octanol–water partition coefficient (Wildman–Crippen LogP) is 0.652. The highest BCUT2D eigenvalue weighted by Gasteiger charge is 2.11. The number of alkyl carbamates (subject to hydrolysis) is 1. The third-order valence-electron chi connectivity index (χ3n) is 0.772. The Hall–Kier alpha value is -0.580. The van der Waals surface area contributed by atoms with Crippen LogP contribution in [0.1, 0.15) is 6.92 Å². The van der Waals surface area contributed by atoms with Crippen molar-refractivity contribution in [2.45, 2.75) is 11.8 Å². The number of imide groups is 1. The molecule has 0 radical (unpaired) electrons. The van der Waals surface area contributed by atoms with Gasteiger partial charge in [0.05, 0.1) is 11.9 Å². The number of hydrogen-bond acceptors (Lipinski definition) is 3. The molecule has 0 heterocycles. The summed E-state index contributed by atoms with van der Waals surface area (Å²) in [5.41, 5.74) is 0. The third kappa shape index (κ3) is 3.45. The van der Waals surface area contributed by atoms with Gasteiger partial charge in [0.2, 0.25) is 5.91 Å². The minimum atomic E-state index is -0.740. The lowest BCUT2D eigenvalue weighted by Crippen LogP contribution is -2.34. The molecule has 1 N–H and O–H groups in total. The summed E-state index contributed by atoms with van der Waals surface area (Å²) >= 11 is 2.98. The van der Waals surface area contributed by atoms with Gasteiger partial charge in [-0.2, -0.15) is 0 Å². The zero-order valence-electron chi connectivity index (χ0n) is 5.68. The van der Waals surface area contributed by atoms with E-state index in [0.29, 0.717) is 0 Å². The molecule has 0 rings (SSSR count). The molecule has 0 aliphatic heterocycles. The lowest BCUT2D eigenvalue weighted by Gasteiger charge is -2.02. The molecule has 1 unspecified atom stereocenters. The van der Waals surface area contributed by atoms with Crippen LogP contribution in [0, 0.1) is 0 Å². The number of ether oxygens (including phenoxy) is 1. The quantitative estimate of drug-likeness (QED) is 0.646. The van der Waals surface area contributed by atoms with Gasteiger partial charge in [0.25, 0.3) is 0 Å². The first-order valence-corrected chi connectivity index (χ1v) is 3.52. The first-order valence-electron chi connectivity index (χ1n) is 2.60. The number of amides is 2. The van der Waals surface area contributed by atoms with E-state index in [-0.39, 0.29) is 4.83 Å². The van der Waals surface area contributed by atoms with Crippen LogP contribution >= 0.6 is 15.9 Å². The van der Waals surface area contributed by atoms with Crippen molar-refractivity contribution in [3.63, 3.8) is 0 Å². The molecule has 0 fully saturated rings. The van der Waals surface area contributed by atoms with Crippen LogP contribution < -0.4 is 5.32 Å². The van der Waals surface area contributed by atoms with Gasteiger partial charge < -0.3 is 4.74 Å². The summed E-state index contributed by atoms with van der Waals surface area (Å²) < 4.78 is 4.18. The molecule has 0 spiro atoms. The number of carbonyl (C=O) groups is 2. The molecular weight excluding hydrogens is 202 g/mol. The Morgan fingerprint density at radius 3 is 2.40 bits per heavy atom. The number of hydrogen-bond donors (Lipinski definition) is 1. The second-order valence-electron chi connectivity index (χ2n) is 1.60. The molecule has 4 nitrogen and oxygen atoms in total. The molecule has 0 aliphatic carbocycles. The van der Waals surface area contributed by atoms with E-state index in [1.54, 1.807) is 6.92 Å². The molecule has 0 aromatic rings. The molecular formula is C5H8BrNO3. The van der Waals surface area contributed by atoms with Crippen LogP contribution in [-0.4, -0.2) is 23.9 Å². The lowest BCUT2D eigenvalue weighted by molar-refractivity contribution is -0.119. The maximum atomic E-state index is 10.7. The topological polar surface area (TPSA) is 55.4 Å². The minimum Gasteiger partial charge on any atom is -0.453 e. The van der Waals surface area contributed by atoms with E-state index >= 15 is 0 Å². The smallest absolute Gasteiger partial charge is 0.413 e.